The number of methoxy groups -OCH3 is 3. The molecule has 0 radical (unpaired) electrons. The number of alkyl halides is 3. The molecule has 2 aromatic carbocycles. The second-order valence-corrected chi connectivity index (χ2v) is 8.79. The second kappa shape index (κ2) is 12.8. The monoisotopic (exact) mass is 540 g/mol. The van der Waals surface area contributed by atoms with Gasteiger partial charge in [-0.1, -0.05) is 12.1 Å². The number of thiocarbonyl (C=S) groups is 1. The summed E-state index contributed by atoms with van der Waals surface area (Å²) in [6, 6.07) is 8.64. The molecule has 8 nitrogen and oxygen atoms in total. The minimum absolute atomic E-state index is 0.00827. The van der Waals surface area contributed by atoms with Gasteiger partial charge < -0.3 is 29.7 Å². The van der Waals surface area contributed by atoms with E-state index in [1.54, 1.807) is 21.3 Å². The van der Waals surface area contributed by atoms with E-state index in [1.807, 2.05) is 21.9 Å². The number of carbonyl (C=O) groups excluding carboxylic acids is 1. The molecule has 0 unspecified atom stereocenters. The normalized spacial score (nSPS) is 14.5. The van der Waals surface area contributed by atoms with E-state index in [2.05, 4.69) is 10.6 Å². The predicted octanol–water partition coefficient (Wildman–Crippen LogP) is 3.75. The van der Waals surface area contributed by atoms with Crippen LogP contribution in [0.25, 0.3) is 0 Å². The number of benzene rings is 2. The number of nitrogens with zero attached hydrogens (tertiary/aromatic N) is 2. The summed E-state index contributed by atoms with van der Waals surface area (Å²) < 4.78 is 55.8. The van der Waals surface area contributed by atoms with Gasteiger partial charge in [0.15, 0.2) is 16.6 Å². The van der Waals surface area contributed by atoms with E-state index in [4.69, 9.17) is 26.4 Å². The Morgan fingerprint density at radius 2 is 1.68 bits per heavy atom. The summed E-state index contributed by atoms with van der Waals surface area (Å²) in [5.74, 6) is 1.11. The maximum atomic E-state index is 13.2. The van der Waals surface area contributed by atoms with Gasteiger partial charge in [-0.25, -0.2) is 0 Å². The average molecular weight is 541 g/mol. The van der Waals surface area contributed by atoms with Gasteiger partial charge in [-0.15, -0.1) is 0 Å². The summed E-state index contributed by atoms with van der Waals surface area (Å²) in [5.41, 5.74) is -0.216. The third kappa shape index (κ3) is 7.62. The van der Waals surface area contributed by atoms with Crippen molar-refractivity contribution in [2.75, 3.05) is 59.4 Å². The minimum Gasteiger partial charge on any atom is -0.493 e. The van der Waals surface area contributed by atoms with Gasteiger partial charge in [0.05, 0.1) is 39.1 Å². The number of halogens is 3. The van der Waals surface area contributed by atoms with Crippen LogP contribution in [0.4, 0.5) is 18.9 Å². The first-order chi connectivity index (χ1) is 17.7. The molecule has 1 aliphatic heterocycles. The summed E-state index contributed by atoms with van der Waals surface area (Å²) in [4.78, 5) is 16.4. The number of nitrogens with one attached hydrogen (secondary N) is 2. The van der Waals surface area contributed by atoms with Crippen LogP contribution in [0, 0.1) is 0 Å². The topological polar surface area (TPSA) is 75.3 Å². The van der Waals surface area contributed by atoms with Crippen molar-refractivity contribution in [3.8, 4) is 17.2 Å². The van der Waals surface area contributed by atoms with Crippen LogP contribution < -0.4 is 24.8 Å². The highest BCUT2D eigenvalue weighted by molar-refractivity contribution is 7.80. The van der Waals surface area contributed by atoms with E-state index in [1.165, 1.54) is 18.2 Å². The molecule has 1 aliphatic rings. The quantitative estimate of drug-likeness (QED) is 0.491. The van der Waals surface area contributed by atoms with E-state index in [9.17, 15) is 18.0 Å². The van der Waals surface area contributed by atoms with E-state index in [0.717, 1.165) is 18.1 Å². The lowest BCUT2D eigenvalue weighted by Crippen LogP contribution is -2.42. The molecule has 0 bridgehead atoms. The average Bonchev–Trinajstić information content (AvgIpc) is 3.11. The molecular weight excluding hydrogens is 509 g/mol. The van der Waals surface area contributed by atoms with Gasteiger partial charge in [-0.05, 0) is 48.5 Å². The van der Waals surface area contributed by atoms with Crippen LogP contribution in [0.5, 0.6) is 17.2 Å². The Balaban J connectivity index is 1.53. The lowest BCUT2D eigenvalue weighted by molar-refractivity contribution is -0.137. The molecule has 0 aliphatic carbocycles. The highest BCUT2D eigenvalue weighted by Crippen LogP contribution is 2.38. The molecule has 202 valence electrons. The molecule has 1 amide bonds. The van der Waals surface area contributed by atoms with Gasteiger partial charge in [0.25, 0.3) is 0 Å². The molecule has 0 saturated carbocycles. The number of amides is 1. The van der Waals surface area contributed by atoms with Crippen molar-refractivity contribution in [3.05, 3.63) is 47.5 Å². The largest absolute Gasteiger partial charge is 0.493 e. The fraction of sp³-hybridized carbons (Fsp3) is 0.440. The highest BCUT2D eigenvalue weighted by atomic mass is 32.1. The predicted molar refractivity (Wildman–Crippen MR) is 138 cm³/mol. The SMILES string of the molecule is COc1cc(CNC(=S)N2CCCN(CC(=O)Nc3ccccc3C(F)(F)F)CC2)cc(OC)c1OC. The summed E-state index contributed by atoms with van der Waals surface area (Å²) >= 11 is 5.59. The van der Waals surface area contributed by atoms with Crippen molar-refractivity contribution in [2.45, 2.75) is 19.1 Å². The number of para-hydroxylation sites is 1. The molecule has 1 heterocycles. The Morgan fingerprint density at radius 3 is 2.30 bits per heavy atom. The van der Waals surface area contributed by atoms with Crippen LogP contribution in [0.2, 0.25) is 0 Å². The molecule has 0 aromatic heterocycles. The molecule has 1 saturated heterocycles. The van der Waals surface area contributed by atoms with Crippen molar-refractivity contribution in [3.63, 3.8) is 0 Å². The van der Waals surface area contributed by atoms with Gasteiger partial charge in [0, 0.05) is 32.7 Å². The van der Waals surface area contributed by atoms with Gasteiger partial charge in [0.1, 0.15) is 0 Å². The van der Waals surface area contributed by atoms with Crippen LogP contribution in [-0.4, -0.2) is 74.9 Å². The number of rotatable bonds is 8. The number of hydrogen-bond acceptors (Lipinski definition) is 6. The van der Waals surface area contributed by atoms with Gasteiger partial charge >= 0.3 is 6.18 Å². The molecular formula is C25H31F3N4O4S. The Labute approximate surface area is 219 Å². The van der Waals surface area contributed by atoms with Crippen molar-refractivity contribution in [2.24, 2.45) is 0 Å². The zero-order valence-corrected chi connectivity index (χ0v) is 21.8. The van der Waals surface area contributed by atoms with Crippen LogP contribution in [-0.2, 0) is 17.5 Å². The van der Waals surface area contributed by atoms with Gasteiger partial charge in [-0.2, -0.15) is 13.2 Å². The van der Waals surface area contributed by atoms with Crippen molar-refractivity contribution in [1.82, 2.24) is 15.1 Å². The first kappa shape index (κ1) is 28.3. The van der Waals surface area contributed by atoms with Crippen molar-refractivity contribution in [1.29, 1.82) is 0 Å². The lowest BCUT2D eigenvalue weighted by Gasteiger charge is -2.25. The molecule has 0 spiro atoms. The Bertz CT molecular complexity index is 1070. The van der Waals surface area contributed by atoms with Crippen molar-refractivity contribution >= 4 is 28.9 Å². The molecule has 0 atom stereocenters. The smallest absolute Gasteiger partial charge is 0.418 e. The highest BCUT2D eigenvalue weighted by Gasteiger charge is 2.33. The summed E-state index contributed by atoms with van der Waals surface area (Å²) in [7, 11) is 4.65. The Hall–Kier alpha value is -3.25. The number of anilines is 1. The Kier molecular flexibility index (Phi) is 9.81. The van der Waals surface area contributed by atoms with Crippen LogP contribution in [0.1, 0.15) is 17.5 Å². The lowest BCUT2D eigenvalue weighted by atomic mass is 10.1. The summed E-state index contributed by atoms with van der Waals surface area (Å²) in [6.45, 7) is 2.87. The van der Waals surface area contributed by atoms with E-state index in [0.29, 0.717) is 55.1 Å². The standard InChI is InChI=1S/C25H31F3N4O4S/c1-34-20-13-17(14-21(35-2)23(20)36-3)15-29-24(37)32-10-6-9-31(11-12-32)16-22(33)30-19-8-5-4-7-18(19)25(26,27)28/h4-5,7-8,13-14H,6,9-12,15-16H2,1-3H3,(H,29,37)(H,30,33). The minimum atomic E-state index is -4.54. The van der Waals surface area contributed by atoms with Gasteiger partial charge in [0.2, 0.25) is 11.7 Å². The third-order valence-electron chi connectivity index (χ3n) is 5.92. The molecule has 2 aromatic rings. The molecule has 3 rings (SSSR count). The third-order valence-corrected chi connectivity index (χ3v) is 6.32. The number of carbonyl (C=O) groups is 1. The number of hydrogen-bond donors (Lipinski definition) is 2. The summed E-state index contributed by atoms with van der Waals surface area (Å²) in [5, 5.41) is 6.22. The fourth-order valence-corrected chi connectivity index (χ4v) is 4.35. The fourth-order valence-electron chi connectivity index (χ4n) is 4.09. The molecule has 1 fully saturated rings. The second-order valence-electron chi connectivity index (χ2n) is 8.40. The summed E-state index contributed by atoms with van der Waals surface area (Å²) in [6.07, 6.45) is -3.80. The molecule has 2 N–H and O–H groups in total. The van der Waals surface area contributed by atoms with E-state index < -0.39 is 17.6 Å². The zero-order valence-electron chi connectivity index (χ0n) is 21.0. The van der Waals surface area contributed by atoms with Gasteiger partial charge in [-0.3, -0.25) is 9.69 Å². The van der Waals surface area contributed by atoms with E-state index >= 15 is 0 Å². The first-order valence-corrected chi connectivity index (χ1v) is 12.1. The number of ether oxygens (including phenoxy) is 3. The van der Waals surface area contributed by atoms with Crippen molar-refractivity contribution < 1.29 is 32.2 Å². The van der Waals surface area contributed by atoms with Crippen LogP contribution in [0.15, 0.2) is 36.4 Å². The zero-order chi connectivity index (χ0) is 27.0. The van der Waals surface area contributed by atoms with E-state index in [-0.39, 0.29) is 12.2 Å². The first-order valence-electron chi connectivity index (χ1n) is 11.7. The maximum Gasteiger partial charge on any atom is 0.418 e. The van der Waals surface area contributed by atoms with Crippen LogP contribution >= 0.6 is 12.2 Å². The molecule has 12 heteroatoms. The molecule has 37 heavy (non-hydrogen) atoms. The van der Waals surface area contributed by atoms with Crippen LogP contribution in [0.3, 0.4) is 0 Å². The maximum absolute atomic E-state index is 13.2. The Morgan fingerprint density at radius 1 is 1.00 bits per heavy atom.